The van der Waals surface area contributed by atoms with Gasteiger partial charge in [0.1, 0.15) is 28.5 Å². The minimum atomic E-state index is -1.04. The van der Waals surface area contributed by atoms with E-state index in [1.54, 1.807) is 42.5 Å². The summed E-state index contributed by atoms with van der Waals surface area (Å²) in [4.78, 5) is 60.8. The van der Waals surface area contributed by atoms with E-state index < -0.39 is 29.4 Å². The second-order valence-corrected chi connectivity index (χ2v) is 10.8. The van der Waals surface area contributed by atoms with Crippen molar-refractivity contribution in [1.29, 1.82) is 0 Å². The second-order valence-electron chi connectivity index (χ2n) is 10.8. The van der Waals surface area contributed by atoms with Crippen LogP contribution in [0.5, 0.6) is 23.0 Å². The molecule has 1 N–H and O–H groups in total. The topological polar surface area (TPSA) is 134 Å². The first-order valence-electron chi connectivity index (χ1n) is 14.1. The Kier molecular flexibility index (Phi) is 5.87. The van der Waals surface area contributed by atoms with Gasteiger partial charge in [0.05, 0.1) is 22.3 Å². The summed E-state index contributed by atoms with van der Waals surface area (Å²) in [7, 11) is 0. The maximum absolute atomic E-state index is 13.2. The summed E-state index contributed by atoms with van der Waals surface area (Å²) < 4.78 is 21.3. The normalized spacial score (nSPS) is 15.4. The van der Waals surface area contributed by atoms with E-state index in [1.807, 2.05) is 42.5 Å². The van der Waals surface area contributed by atoms with Gasteiger partial charge in [-0.1, -0.05) is 42.5 Å². The second kappa shape index (κ2) is 10.00. The molecule has 0 saturated carbocycles. The lowest BCUT2D eigenvalue weighted by molar-refractivity contribution is 0.0425. The highest BCUT2D eigenvalue weighted by Crippen LogP contribution is 2.44. The number of esters is 4. The Bertz CT molecular complexity index is 2040. The highest BCUT2D eigenvalue weighted by Gasteiger charge is 2.45. The minimum absolute atomic E-state index is 0.143. The number of carbonyl (C=O) groups excluding carboxylic acids is 5. The molecule has 46 heavy (non-hydrogen) atoms. The Morgan fingerprint density at radius 3 is 1.39 bits per heavy atom. The van der Waals surface area contributed by atoms with Crippen LogP contribution in [0.2, 0.25) is 0 Å². The Hall–Kier alpha value is -6.55. The van der Waals surface area contributed by atoms with Crippen molar-refractivity contribution in [2.24, 2.45) is 0 Å². The zero-order valence-corrected chi connectivity index (χ0v) is 23.6. The van der Waals surface area contributed by atoms with Crippen molar-refractivity contribution in [3.05, 3.63) is 154 Å². The number of benzene rings is 5. The van der Waals surface area contributed by atoms with Gasteiger partial charge in [-0.05, 0) is 83.4 Å². The van der Waals surface area contributed by atoms with Crippen molar-refractivity contribution >= 4 is 29.8 Å². The monoisotopic (exact) mass is 609 g/mol. The first-order chi connectivity index (χ1) is 22.3. The van der Waals surface area contributed by atoms with Crippen LogP contribution in [0.3, 0.4) is 0 Å². The van der Waals surface area contributed by atoms with Gasteiger partial charge in [0.25, 0.3) is 5.91 Å². The van der Waals surface area contributed by atoms with Gasteiger partial charge in [0.2, 0.25) is 0 Å². The largest absolute Gasteiger partial charge is 0.457 e. The molecule has 5 aromatic rings. The lowest BCUT2D eigenvalue weighted by Crippen LogP contribution is -2.41. The molecule has 3 aliphatic heterocycles. The number of hydrogen-bond donors (Lipinski definition) is 1. The average molecular weight is 610 g/mol. The number of ether oxygens (including phenoxy) is 4. The highest BCUT2D eigenvalue weighted by molar-refractivity contribution is 6.15. The molecule has 3 heterocycles. The third-order valence-corrected chi connectivity index (χ3v) is 8.16. The van der Waals surface area contributed by atoms with Crippen molar-refractivity contribution in [1.82, 2.24) is 5.32 Å². The molecule has 10 nitrogen and oxygen atoms in total. The predicted molar refractivity (Wildman–Crippen MR) is 159 cm³/mol. The molecular formula is C36H19NO9. The summed E-state index contributed by atoms with van der Waals surface area (Å²) in [5.41, 5.74) is 2.46. The third-order valence-electron chi connectivity index (χ3n) is 8.16. The van der Waals surface area contributed by atoms with Crippen LogP contribution in [0.15, 0.2) is 109 Å². The van der Waals surface area contributed by atoms with E-state index in [0.29, 0.717) is 28.6 Å². The Labute approximate surface area is 260 Å². The lowest BCUT2D eigenvalue weighted by atomic mass is 9.78. The molecule has 0 aromatic heterocycles. The Balaban J connectivity index is 1.12. The van der Waals surface area contributed by atoms with Crippen LogP contribution in [-0.2, 0) is 15.0 Å². The number of hydrogen-bond acceptors (Lipinski definition) is 9. The minimum Gasteiger partial charge on any atom is -0.457 e. The van der Waals surface area contributed by atoms with Gasteiger partial charge in [-0.15, -0.1) is 0 Å². The van der Waals surface area contributed by atoms with Crippen LogP contribution in [0.1, 0.15) is 68.5 Å². The summed E-state index contributed by atoms with van der Waals surface area (Å²) in [5, 5.41) is 3.19. The maximum atomic E-state index is 13.2. The van der Waals surface area contributed by atoms with Crippen molar-refractivity contribution in [3.8, 4) is 23.0 Å². The molecule has 0 unspecified atom stereocenters. The smallest absolute Gasteiger partial charge is 0.347 e. The van der Waals surface area contributed by atoms with Crippen LogP contribution in [0.25, 0.3) is 0 Å². The van der Waals surface area contributed by atoms with Crippen molar-refractivity contribution in [2.75, 3.05) is 0 Å². The average Bonchev–Trinajstić information content (AvgIpc) is 3.65. The number of rotatable bonds is 6. The zero-order chi connectivity index (χ0) is 31.6. The number of amides is 1. The first-order valence-corrected chi connectivity index (χ1v) is 14.1. The van der Waals surface area contributed by atoms with Crippen LogP contribution >= 0.6 is 0 Å². The van der Waals surface area contributed by atoms with Gasteiger partial charge in [-0.3, -0.25) is 4.79 Å². The molecule has 0 radical (unpaired) electrons. The number of cyclic esters (lactones) is 4. The summed E-state index contributed by atoms with van der Waals surface area (Å²) >= 11 is 0. The molecule has 5 aromatic carbocycles. The van der Waals surface area contributed by atoms with Gasteiger partial charge < -0.3 is 24.3 Å². The van der Waals surface area contributed by atoms with Gasteiger partial charge in [-0.2, -0.15) is 0 Å². The van der Waals surface area contributed by atoms with Crippen molar-refractivity contribution < 1.29 is 42.9 Å². The molecule has 8 rings (SSSR count). The van der Waals surface area contributed by atoms with Crippen molar-refractivity contribution in [3.63, 3.8) is 0 Å². The molecular weight excluding hydrogens is 590 g/mol. The first kappa shape index (κ1) is 27.0. The van der Waals surface area contributed by atoms with E-state index >= 15 is 0 Å². The van der Waals surface area contributed by atoms with E-state index in [4.69, 9.17) is 9.47 Å². The molecule has 0 bridgehead atoms. The molecule has 222 valence electrons. The quantitative estimate of drug-likeness (QED) is 0.184. The predicted octanol–water partition coefficient (Wildman–Crippen LogP) is 5.93. The Morgan fingerprint density at radius 1 is 0.457 bits per heavy atom. The van der Waals surface area contributed by atoms with Gasteiger partial charge >= 0.3 is 23.9 Å². The molecule has 0 aliphatic carbocycles. The highest BCUT2D eigenvalue weighted by atomic mass is 16.6. The third kappa shape index (κ3) is 4.15. The zero-order valence-electron chi connectivity index (χ0n) is 23.6. The SMILES string of the molecule is O=C1OC(=O)c2cc(Oc3ccc(C4(c5ccc(Oc6ccc7c(c6)C(=O)OC7=O)cc5)NC(=O)c5ccccc54)cc3)ccc21. The van der Waals surface area contributed by atoms with Gasteiger partial charge in [-0.25, -0.2) is 19.2 Å². The van der Waals surface area contributed by atoms with Crippen LogP contribution < -0.4 is 14.8 Å². The number of nitrogens with one attached hydrogen (secondary N) is 1. The van der Waals surface area contributed by atoms with E-state index in [-0.39, 0.29) is 28.2 Å². The van der Waals surface area contributed by atoms with E-state index in [2.05, 4.69) is 14.8 Å². The molecule has 0 atom stereocenters. The fourth-order valence-electron chi connectivity index (χ4n) is 6.01. The summed E-state index contributed by atoms with van der Waals surface area (Å²) in [6.07, 6.45) is 0. The van der Waals surface area contributed by atoms with Gasteiger partial charge in [0.15, 0.2) is 0 Å². The fraction of sp³-hybridized carbons (Fsp3) is 0.0278. The van der Waals surface area contributed by atoms with Crippen LogP contribution in [0, 0.1) is 0 Å². The van der Waals surface area contributed by atoms with Gasteiger partial charge in [0, 0.05) is 5.56 Å². The number of fused-ring (bicyclic) bond motifs is 3. The summed E-state index contributed by atoms with van der Waals surface area (Å²) in [6, 6.07) is 30.8. The van der Waals surface area contributed by atoms with E-state index in [0.717, 1.165) is 16.7 Å². The van der Waals surface area contributed by atoms with Crippen LogP contribution in [0.4, 0.5) is 0 Å². The van der Waals surface area contributed by atoms with E-state index in [1.165, 1.54) is 24.3 Å². The van der Waals surface area contributed by atoms with Crippen molar-refractivity contribution in [2.45, 2.75) is 5.54 Å². The van der Waals surface area contributed by atoms with Crippen LogP contribution in [-0.4, -0.2) is 29.8 Å². The molecule has 0 fully saturated rings. The van der Waals surface area contributed by atoms with E-state index in [9.17, 15) is 24.0 Å². The maximum Gasteiger partial charge on any atom is 0.347 e. The lowest BCUT2D eigenvalue weighted by Gasteiger charge is -2.32. The Morgan fingerprint density at radius 2 is 0.891 bits per heavy atom. The summed E-state index contributed by atoms with van der Waals surface area (Å²) in [6.45, 7) is 0. The molecule has 3 aliphatic rings. The fourth-order valence-corrected chi connectivity index (χ4v) is 6.01. The molecule has 1 amide bonds. The summed E-state index contributed by atoms with van der Waals surface area (Å²) in [5.74, 6) is -1.39. The molecule has 0 saturated heterocycles. The molecule has 10 heteroatoms. The number of carbonyl (C=O) groups is 5. The standard InChI is InChI=1S/C36H19NO9/c38-31-27-3-1-2-4-30(27)36(37-31,19-5-9-21(10-6-19)43-23-13-15-25-28(17-23)34(41)45-32(25)39)20-7-11-22(12-8-20)44-24-14-16-26-29(18-24)35(42)46-33(26)40/h1-18H,(H,37,38). The molecule has 0 spiro atoms.